The summed E-state index contributed by atoms with van der Waals surface area (Å²) in [5.74, 6) is -2.94. The van der Waals surface area contributed by atoms with E-state index in [2.05, 4.69) is 4.98 Å². The van der Waals surface area contributed by atoms with Gasteiger partial charge in [-0.15, -0.1) is 0 Å². The van der Waals surface area contributed by atoms with Gasteiger partial charge in [-0.3, -0.25) is 9.59 Å². The number of aryl methyl sites for hydroxylation is 1. The second-order valence-electron chi connectivity index (χ2n) is 7.22. The van der Waals surface area contributed by atoms with Gasteiger partial charge in [0.25, 0.3) is 0 Å². The number of rotatable bonds is 4. The Labute approximate surface area is 177 Å². The minimum absolute atomic E-state index is 0.165. The maximum Gasteiger partial charge on any atom is 0.322 e. The van der Waals surface area contributed by atoms with Crippen LogP contribution in [0.5, 0.6) is 0 Å². The first-order valence-electron chi connectivity index (χ1n) is 9.24. The van der Waals surface area contributed by atoms with Crippen LogP contribution in [-0.2, 0) is 16.6 Å². The monoisotopic (exact) mass is 422 g/mol. The predicted molar refractivity (Wildman–Crippen MR) is 116 cm³/mol. The molecule has 1 amide bonds. The van der Waals surface area contributed by atoms with Gasteiger partial charge < -0.3 is 14.6 Å². The minimum Gasteiger partial charge on any atom is -0.480 e. The van der Waals surface area contributed by atoms with Gasteiger partial charge in [0, 0.05) is 42.5 Å². The highest BCUT2D eigenvalue weighted by Crippen LogP contribution is 2.35. The molecule has 2 aromatic carbocycles. The van der Waals surface area contributed by atoms with Crippen molar-refractivity contribution in [3.63, 3.8) is 0 Å². The highest BCUT2D eigenvalue weighted by atomic mass is 35.5. The van der Waals surface area contributed by atoms with Crippen LogP contribution in [0.2, 0.25) is 5.02 Å². The lowest BCUT2D eigenvalue weighted by Gasteiger charge is -2.18. The van der Waals surface area contributed by atoms with Crippen molar-refractivity contribution in [2.45, 2.75) is 5.92 Å². The number of carboxylic acid groups (broad SMARTS) is 1. The second kappa shape index (κ2) is 7.42. The molecule has 0 saturated carbocycles. The van der Waals surface area contributed by atoms with Crippen molar-refractivity contribution in [3.8, 4) is 11.4 Å². The van der Waals surface area contributed by atoms with Gasteiger partial charge in [-0.2, -0.15) is 0 Å². The molecule has 1 atom stereocenters. The number of carboxylic acids is 1. The first-order chi connectivity index (χ1) is 14.3. The average Bonchev–Trinajstić information content (AvgIpc) is 3.00. The maximum atomic E-state index is 12.8. The molecule has 4 aromatic rings. The zero-order valence-corrected chi connectivity index (χ0v) is 17.4. The zero-order chi connectivity index (χ0) is 21.6. The smallest absolute Gasteiger partial charge is 0.322 e. The molecule has 1 unspecified atom stereocenters. The lowest BCUT2D eigenvalue weighted by molar-refractivity contribution is -0.146. The lowest BCUT2D eigenvalue weighted by Crippen LogP contribution is -2.33. The van der Waals surface area contributed by atoms with Crippen molar-refractivity contribution in [1.29, 1.82) is 0 Å². The van der Waals surface area contributed by atoms with Crippen LogP contribution in [0.1, 0.15) is 11.6 Å². The summed E-state index contributed by atoms with van der Waals surface area (Å²) in [5.41, 5.74) is 2.21. The molecule has 4 rings (SSSR count). The van der Waals surface area contributed by atoms with Gasteiger partial charge in [0.15, 0.2) is 11.7 Å². The van der Waals surface area contributed by atoms with Gasteiger partial charge in [0.05, 0.1) is 11.2 Å². The van der Waals surface area contributed by atoms with Crippen LogP contribution < -0.4 is 0 Å². The van der Waals surface area contributed by atoms with Gasteiger partial charge in [-0.25, -0.2) is 9.97 Å². The topological polar surface area (TPSA) is 88.3 Å². The Morgan fingerprint density at radius 3 is 2.43 bits per heavy atom. The molecule has 0 saturated heterocycles. The summed E-state index contributed by atoms with van der Waals surface area (Å²) in [6.07, 6.45) is 0. The second-order valence-corrected chi connectivity index (χ2v) is 7.66. The molecule has 0 aliphatic carbocycles. The van der Waals surface area contributed by atoms with Crippen LogP contribution in [0.15, 0.2) is 48.5 Å². The van der Waals surface area contributed by atoms with Crippen molar-refractivity contribution in [2.75, 3.05) is 14.1 Å². The minimum atomic E-state index is -1.46. The maximum absolute atomic E-state index is 12.8. The molecular weight excluding hydrogens is 404 g/mol. The van der Waals surface area contributed by atoms with E-state index in [-0.39, 0.29) is 5.69 Å². The molecule has 2 aromatic heterocycles. The van der Waals surface area contributed by atoms with Crippen molar-refractivity contribution in [1.82, 2.24) is 19.4 Å². The number of fused-ring (bicyclic) bond motifs is 3. The quantitative estimate of drug-likeness (QED) is 0.506. The number of likely N-dealkylation sites (N-methyl/N-ethyl adjacent to an activating group) is 1. The fraction of sp³-hybridized carbons (Fsp3) is 0.182. The van der Waals surface area contributed by atoms with E-state index >= 15 is 0 Å². The van der Waals surface area contributed by atoms with Crippen LogP contribution in [0.4, 0.5) is 0 Å². The van der Waals surface area contributed by atoms with Crippen molar-refractivity contribution < 1.29 is 14.7 Å². The number of amides is 1. The Morgan fingerprint density at radius 1 is 1.10 bits per heavy atom. The molecule has 1 N–H and O–H groups in total. The molecular formula is C22H19ClN4O3. The molecule has 0 radical (unpaired) electrons. The lowest BCUT2D eigenvalue weighted by atomic mass is 9.99. The largest absolute Gasteiger partial charge is 0.480 e. The highest BCUT2D eigenvalue weighted by molar-refractivity contribution is 6.31. The molecule has 7 nitrogen and oxygen atoms in total. The molecule has 0 spiro atoms. The molecule has 30 heavy (non-hydrogen) atoms. The Bertz CT molecular complexity index is 1300. The summed E-state index contributed by atoms with van der Waals surface area (Å²) < 4.78 is 1.84. The fourth-order valence-corrected chi connectivity index (χ4v) is 3.76. The van der Waals surface area contributed by atoms with E-state index in [1.807, 2.05) is 41.9 Å². The van der Waals surface area contributed by atoms with Gasteiger partial charge >= 0.3 is 5.97 Å². The number of nitrogens with zero attached hydrogens (tertiary/aromatic N) is 4. The van der Waals surface area contributed by atoms with Crippen LogP contribution >= 0.6 is 11.6 Å². The van der Waals surface area contributed by atoms with E-state index in [1.54, 1.807) is 18.2 Å². The van der Waals surface area contributed by atoms with Gasteiger partial charge in [-0.05, 0) is 12.1 Å². The molecule has 2 heterocycles. The standard InChI is InChI=1S/C22H19ClN4O3/c1-26(2)21(28)17(22(29)30)18-16-14-10-9-13(23)11-15(14)27(3)20(16)25-19(24-18)12-7-5-4-6-8-12/h4-11,17H,1-3H3,(H,29,30). The molecule has 152 valence electrons. The van der Waals surface area contributed by atoms with Crippen LogP contribution in [-0.4, -0.2) is 50.5 Å². The summed E-state index contributed by atoms with van der Waals surface area (Å²) in [6, 6.07) is 14.6. The number of carbonyl (C=O) groups excluding carboxylic acids is 1. The van der Waals surface area contributed by atoms with E-state index in [1.165, 1.54) is 19.0 Å². The third kappa shape index (κ3) is 3.17. The number of aliphatic carboxylic acids is 1. The van der Waals surface area contributed by atoms with E-state index in [0.29, 0.717) is 21.9 Å². The average molecular weight is 423 g/mol. The summed E-state index contributed by atoms with van der Waals surface area (Å²) in [7, 11) is 4.88. The van der Waals surface area contributed by atoms with Crippen LogP contribution in [0.25, 0.3) is 33.3 Å². The summed E-state index contributed by atoms with van der Waals surface area (Å²) in [6.45, 7) is 0. The molecule has 0 bridgehead atoms. The summed E-state index contributed by atoms with van der Waals surface area (Å²) in [4.78, 5) is 35.6. The number of benzene rings is 2. The van der Waals surface area contributed by atoms with Crippen LogP contribution in [0.3, 0.4) is 0 Å². The molecule has 8 heteroatoms. The number of hydrogen-bond acceptors (Lipinski definition) is 4. The van der Waals surface area contributed by atoms with Gasteiger partial charge in [0.1, 0.15) is 5.65 Å². The third-order valence-corrected chi connectivity index (χ3v) is 5.30. The Morgan fingerprint density at radius 2 is 1.80 bits per heavy atom. The Hall–Kier alpha value is -3.45. The number of halogens is 1. The third-order valence-electron chi connectivity index (χ3n) is 5.07. The summed E-state index contributed by atoms with van der Waals surface area (Å²) >= 11 is 6.19. The Kier molecular flexibility index (Phi) is 4.91. The summed E-state index contributed by atoms with van der Waals surface area (Å²) in [5, 5.41) is 11.8. The van der Waals surface area contributed by atoms with Crippen LogP contribution in [0, 0.1) is 0 Å². The van der Waals surface area contributed by atoms with E-state index in [0.717, 1.165) is 16.5 Å². The highest BCUT2D eigenvalue weighted by Gasteiger charge is 2.35. The van der Waals surface area contributed by atoms with Crippen molar-refractivity contribution >= 4 is 45.4 Å². The molecule has 0 aliphatic rings. The van der Waals surface area contributed by atoms with E-state index < -0.39 is 17.8 Å². The SMILES string of the molecule is CN(C)C(=O)C(C(=O)O)c1nc(-c2ccccc2)nc2c1c1ccc(Cl)cc1n2C. The molecule has 0 aliphatic heterocycles. The zero-order valence-electron chi connectivity index (χ0n) is 16.6. The number of hydrogen-bond donors (Lipinski definition) is 1. The van der Waals surface area contributed by atoms with Crippen molar-refractivity contribution in [3.05, 3.63) is 59.2 Å². The van der Waals surface area contributed by atoms with Crippen molar-refractivity contribution in [2.24, 2.45) is 7.05 Å². The first kappa shape index (κ1) is 19.8. The fourth-order valence-electron chi connectivity index (χ4n) is 3.60. The molecule has 0 fully saturated rings. The van der Waals surface area contributed by atoms with Gasteiger partial charge in [0.2, 0.25) is 5.91 Å². The van der Waals surface area contributed by atoms with E-state index in [4.69, 9.17) is 16.6 Å². The number of carbonyl (C=O) groups is 2. The van der Waals surface area contributed by atoms with E-state index in [9.17, 15) is 14.7 Å². The number of aromatic nitrogens is 3. The first-order valence-corrected chi connectivity index (χ1v) is 9.62. The Balaban J connectivity index is 2.15. The normalized spacial score (nSPS) is 12.3. The van der Waals surface area contributed by atoms with Gasteiger partial charge in [-0.1, -0.05) is 48.0 Å². The predicted octanol–water partition coefficient (Wildman–Crippen LogP) is 3.70.